The summed E-state index contributed by atoms with van der Waals surface area (Å²) >= 11 is 0.425. The van der Waals surface area contributed by atoms with E-state index in [4.69, 9.17) is 57.8 Å². The fraction of sp³-hybridized carbons (Fsp3) is 0.625. The molecule has 0 unspecified atom stereocenters. The fourth-order valence-corrected chi connectivity index (χ4v) is 11.8. The van der Waals surface area contributed by atoms with Crippen molar-refractivity contribution in [2.24, 2.45) is 11.3 Å². The number of carbonyl (C=O) groups excluding carboxylic acids is 2. The molecule has 338 valence electrons. The molecule has 27 nitrogen and oxygen atoms in total. The summed E-state index contributed by atoms with van der Waals surface area (Å²) in [6, 6.07) is -0.898. The number of H-pyrrole nitrogens is 1. The van der Waals surface area contributed by atoms with E-state index >= 15 is 0 Å². The largest absolute Gasteiger partial charge is 0.510 e. The summed E-state index contributed by atoms with van der Waals surface area (Å²) in [6.07, 6.45) is -9.03. The van der Waals surface area contributed by atoms with E-state index in [0.717, 1.165) is 10.9 Å². The van der Waals surface area contributed by atoms with Gasteiger partial charge in [0.15, 0.2) is 34.8 Å². The van der Waals surface area contributed by atoms with Crippen LogP contribution in [-0.4, -0.2) is 130 Å². The number of ether oxygens (including phenoxy) is 5. The van der Waals surface area contributed by atoms with Gasteiger partial charge < -0.3 is 49.9 Å². The van der Waals surface area contributed by atoms with Crippen LogP contribution in [0.1, 0.15) is 46.4 Å². The summed E-state index contributed by atoms with van der Waals surface area (Å²) in [7, 11) is -5.05. The Morgan fingerprint density at radius 2 is 1.68 bits per heavy atom. The molecule has 4 aromatic rings. The highest BCUT2D eigenvalue weighted by Crippen LogP contribution is 2.74. The molecule has 30 heteroatoms. The predicted octanol–water partition coefficient (Wildman–Crippen LogP) is 2.13. The summed E-state index contributed by atoms with van der Waals surface area (Å²) in [5.41, 5.74) is 9.99. The number of nitrogens with one attached hydrogen (secondary N) is 1. The second kappa shape index (κ2) is 16.9. The maximum Gasteiger partial charge on any atom is 0.510 e. The molecule has 0 amide bonds. The number of carbonyl (C=O) groups is 2. The molecule has 8 rings (SSSR count). The molecule has 62 heavy (non-hydrogen) atoms. The molecular weight excluding hydrogens is 890 g/mol. The van der Waals surface area contributed by atoms with Gasteiger partial charge in [0.2, 0.25) is 12.7 Å². The van der Waals surface area contributed by atoms with E-state index in [1.807, 2.05) is 0 Å². The average molecular weight is 933 g/mol. The molecule has 0 radical (unpaired) electrons. The molecule has 4 fully saturated rings. The lowest BCUT2D eigenvalue weighted by Crippen LogP contribution is -2.38. The zero-order valence-electron chi connectivity index (χ0n) is 33.1. The maximum absolute atomic E-state index is 14.9. The Bertz CT molecular complexity index is 2510. The van der Waals surface area contributed by atoms with E-state index < -0.39 is 125 Å². The van der Waals surface area contributed by atoms with Crippen LogP contribution in [0.2, 0.25) is 0 Å². The van der Waals surface area contributed by atoms with Crippen molar-refractivity contribution in [3.05, 3.63) is 29.3 Å². The summed E-state index contributed by atoms with van der Waals surface area (Å²) in [5.74, 6) is -1.45. The molecule has 2 aliphatic carbocycles. The number of aromatic amines is 1. The van der Waals surface area contributed by atoms with Crippen molar-refractivity contribution >= 4 is 72.4 Å². The van der Waals surface area contributed by atoms with Gasteiger partial charge in [-0.05, 0) is 40.0 Å². The number of rotatable bonds is 10. The number of hydrogen-bond donors (Lipinski definition) is 5. The third kappa shape index (κ3) is 8.48. The minimum atomic E-state index is -5.05. The van der Waals surface area contributed by atoms with Crippen LogP contribution in [-0.2, 0) is 55.4 Å². The molecule has 2 saturated heterocycles. The first kappa shape index (κ1) is 44.1. The number of aromatic nitrogens is 8. The highest BCUT2D eigenvalue weighted by atomic mass is 32.7. The number of nitrogens with two attached hydrogens (primary N) is 2. The lowest BCUT2D eigenvalue weighted by atomic mass is 10.0. The van der Waals surface area contributed by atoms with Crippen LogP contribution in [0.5, 0.6) is 0 Å². The summed E-state index contributed by atoms with van der Waals surface area (Å²) < 4.78 is 88.4. The molecule has 4 aliphatic rings. The molecule has 2 saturated carbocycles. The second-order valence-electron chi connectivity index (χ2n) is 15.1. The molecular formula is C32H42N10O17P2S. The monoisotopic (exact) mass is 932 g/mol. The Kier molecular flexibility index (Phi) is 12.0. The number of phosphoric ester groups is 1. The van der Waals surface area contributed by atoms with Crippen molar-refractivity contribution in [2.75, 3.05) is 37.4 Å². The summed E-state index contributed by atoms with van der Waals surface area (Å²) in [5, 5.41) is 23.9. The van der Waals surface area contributed by atoms with Crippen LogP contribution >= 0.6 is 26.0 Å². The van der Waals surface area contributed by atoms with E-state index in [-0.39, 0.29) is 40.5 Å². The number of nitrogens with zero attached hydrogens (tertiary/aromatic N) is 7. The summed E-state index contributed by atoms with van der Waals surface area (Å²) in [6.45, 7) is -0.670. The number of fused-ring (bicyclic) bond motifs is 4. The van der Waals surface area contributed by atoms with Crippen molar-refractivity contribution in [1.29, 1.82) is 0 Å². The van der Waals surface area contributed by atoms with Crippen LogP contribution in [0, 0.1) is 11.3 Å². The normalized spacial score (nSPS) is 33.4. The minimum Gasteiger partial charge on any atom is -0.432 e. The SMILES string of the molecule is CC(C)OC(=O)OCO[P@]1(=O)OC[C@@]23C[C@@H]2[C@@H](n2cnc4c(N)ncnc42)[C@H](O)[C@@H]3O[P@](=O)(SCOC(=O)OC(C)C)OC[C@H]2O[C@@H](n3cnc4c(=O)[nH]c(N)nc43)[C@H](O1)[C@@H]2O. The van der Waals surface area contributed by atoms with Crippen LogP contribution < -0.4 is 17.0 Å². The zero-order chi connectivity index (χ0) is 44.3. The van der Waals surface area contributed by atoms with Crippen molar-refractivity contribution in [3.8, 4) is 0 Å². The number of phosphoric acid groups is 1. The lowest BCUT2D eigenvalue weighted by molar-refractivity contribution is -0.0688. The van der Waals surface area contributed by atoms with Crippen LogP contribution in [0.25, 0.3) is 22.3 Å². The Hall–Kier alpha value is -4.47. The number of aliphatic hydroxyl groups is 2. The number of imidazole rings is 2. The Morgan fingerprint density at radius 1 is 0.968 bits per heavy atom. The second-order valence-corrected chi connectivity index (χ2v) is 20.7. The molecule has 6 heterocycles. The van der Waals surface area contributed by atoms with E-state index in [0.29, 0.717) is 11.4 Å². The highest BCUT2D eigenvalue weighted by molar-refractivity contribution is 8.55. The van der Waals surface area contributed by atoms with Crippen LogP contribution in [0.15, 0.2) is 23.8 Å². The van der Waals surface area contributed by atoms with Crippen LogP contribution in [0.3, 0.4) is 0 Å². The smallest absolute Gasteiger partial charge is 0.432 e. The number of hydrogen-bond acceptors (Lipinski definition) is 25. The first-order valence-electron chi connectivity index (χ1n) is 18.9. The van der Waals surface area contributed by atoms with Gasteiger partial charge in [-0.2, -0.15) is 4.98 Å². The van der Waals surface area contributed by atoms with Gasteiger partial charge in [-0.1, -0.05) is 0 Å². The van der Waals surface area contributed by atoms with Gasteiger partial charge >= 0.3 is 26.9 Å². The number of anilines is 2. The van der Waals surface area contributed by atoms with E-state index in [2.05, 4.69) is 29.9 Å². The molecule has 1 spiro atoms. The van der Waals surface area contributed by atoms with Gasteiger partial charge in [-0.25, -0.2) is 43.2 Å². The quantitative estimate of drug-likeness (QED) is 0.0863. The first-order chi connectivity index (χ1) is 29.4. The van der Waals surface area contributed by atoms with Gasteiger partial charge in [-0.3, -0.25) is 32.4 Å². The number of aliphatic hydroxyl groups excluding tert-OH is 2. The number of nitrogen functional groups attached to an aromatic ring is 2. The van der Waals surface area contributed by atoms with E-state index in [1.54, 1.807) is 32.3 Å². The van der Waals surface area contributed by atoms with E-state index in [1.165, 1.54) is 12.7 Å². The standard InChI is InChI=1S/C32H42N10O17P2S/c1-13(2)55-30(46)50-11-54-60(48)53-7-32-5-15(32)19(41-9-37-17-24(33)35-8-36-25(17)41)21(44)23(32)59-61(49,62-12-51-31(47)56-14(3)4)52-6-16-20(43)22(58-60)28(57-16)42-10-38-18-26(42)39-29(34)40-27(18)45/h8-10,13-16,19-23,28,43-44H,5-7,11-12H2,1-4H3,(H2,33,35,36)(H3,34,39,40,45)/t15-,16-,19-,20-,21+,22-,23+,28-,32+,60+,61-/m1/s1. The molecule has 4 aromatic heterocycles. The predicted molar refractivity (Wildman–Crippen MR) is 208 cm³/mol. The van der Waals surface area contributed by atoms with Crippen molar-refractivity contribution in [2.45, 2.75) is 89.1 Å². The van der Waals surface area contributed by atoms with Gasteiger partial charge in [-0.15, -0.1) is 0 Å². The highest BCUT2D eigenvalue weighted by Gasteiger charge is 2.74. The van der Waals surface area contributed by atoms with Gasteiger partial charge in [0.05, 0.1) is 44.1 Å². The molecule has 0 aromatic carbocycles. The van der Waals surface area contributed by atoms with Crippen LogP contribution in [0.4, 0.5) is 21.4 Å². The maximum atomic E-state index is 14.9. The minimum absolute atomic E-state index is 0.0704. The average Bonchev–Trinajstić information content (AvgIpc) is 3.45. The van der Waals surface area contributed by atoms with Gasteiger partial charge in [0.1, 0.15) is 42.4 Å². The third-order valence-electron chi connectivity index (χ3n) is 10.4. The first-order valence-corrected chi connectivity index (χ1v) is 23.5. The fourth-order valence-electron chi connectivity index (χ4n) is 7.66. The topological polar surface area (TPSA) is 360 Å². The molecule has 2 aliphatic heterocycles. The lowest BCUT2D eigenvalue weighted by Gasteiger charge is -2.32. The molecule has 2 bridgehead atoms. The summed E-state index contributed by atoms with van der Waals surface area (Å²) in [4.78, 5) is 60.4. The third-order valence-corrected chi connectivity index (χ3v) is 15.1. The Labute approximate surface area is 353 Å². The molecule has 11 atom stereocenters. The van der Waals surface area contributed by atoms with Crippen molar-refractivity contribution < 1.29 is 75.2 Å². The van der Waals surface area contributed by atoms with Crippen molar-refractivity contribution in [1.82, 2.24) is 39.0 Å². The van der Waals surface area contributed by atoms with Gasteiger partial charge in [0, 0.05) is 16.8 Å². The van der Waals surface area contributed by atoms with Crippen molar-refractivity contribution in [3.63, 3.8) is 0 Å². The Balaban J connectivity index is 1.18. The zero-order valence-corrected chi connectivity index (χ0v) is 35.8. The van der Waals surface area contributed by atoms with E-state index in [9.17, 15) is 33.7 Å². The molecule has 7 N–H and O–H groups in total. The Morgan fingerprint density at radius 3 is 2.42 bits per heavy atom. The van der Waals surface area contributed by atoms with Gasteiger partial charge in [0.25, 0.3) is 5.56 Å².